The summed E-state index contributed by atoms with van der Waals surface area (Å²) in [4.78, 5) is 4.69. The lowest BCUT2D eigenvalue weighted by molar-refractivity contribution is 0.340. The quantitative estimate of drug-likeness (QED) is 0.868. The van der Waals surface area contributed by atoms with Crippen LogP contribution in [0.5, 0.6) is 5.75 Å². The summed E-state index contributed by atoms with van der Waals surface area (Å²) in [6.45, 7) is 7.94. The van der Waals surface area contributed by atoms with Gasteiger partial charge in [0, 0.05) is 32.1 Å². The topological polar surface area (TPSA) is 39.1 Å². The molecule has 0 aliphatic heterocycles. The van der Waals surface area contributed by atoms with Gasteiger partial charge in [0.05, 0.1) is 17.6 Å². The van der Waals surface area contributed by atoms with Crippen molar-refractivity contribution in [1.29, 1.82) is 0 Å². The molecule has 0 saturated heterocycles. The van der Waals surface area contributed by atoms with Gasteiger partial charge < -0.3 is 14.6 Å². The summed E-state index contributed by atoms with van der Waals surface area (Å²) in [6.07, 6.45) is 0.938. The molecule has 104 valence electrons. The highest BCUT2D eigenvalue weighted by atomic mass is 16.5. The summed E-state index contributed by atoms with van der Waals surface area (Å²) >= 11 is 0. The second-order valence-corrected chi connectivity index (χ2v) is 5.03. The van der Waals surface area contributed by atoms with Gasteiger partial charge in [0.15, 0.2) is 0 Å². The Morgan fingerprint density at radius 2 is 2.16 bits per heavy atom. The van der Waals surface area contributed by atoms with Crippen LogP contribution >= 0.6 is 0 Å². The first-order valence-corrected chi connectivity index (χ1v) is 6.93. The first-order chi connectivity index (χ1) is 9.11. The minimum atomic E-state index is 0.513. The van der Waals surface area contributed by atoms with Gasteiger partial charge >= 0.3 is 0 Å². The predicted molar refractivity (Wildman–Crippen MR) is 78.7 cm³/mol. The number of hydrogen-bond donors (Lipinski definition) is 1. The van der Waals surface area contributed by atoms with Gasteiger partial charge in [-0.2, -0.15) is 0 Å². The number of aryl methyl sites for hydroxylation is 1. The van der Waals surface area contributed by atoms with E-state index in [4.69, 9.17) is 9.72 Å². The van der Waals surface area contributed by atoms with Crippen molar-refractivity contribution >= 4 is 11.0 Å². The standard InChI is InChI=1S/C15H23N3O/c1-5-19-12-6-7-14-13(10-12)17-15(18(14)4)8-9-16-11(2)3/h6-7,10-11,16H,5,8-9H2,1-4H3. The maximum atomic E-state index is 5.51. The molecule has 0 radical (unpaired) electrons. The van der Waals surface area contributed by atoms with E-state index < -0.39 is 0 Å². The van der Waals surface area contributed by atoms with Gasteiger partial charge in [0.25, 0.3) is 0 Å². The molecule has 2 aromatic rings. The van der Waals surface area contributed by atoms with Crippen LogP contribution in [0, 0.1) is 0 Å². The molecule has 0 bridgehead atoms. The fourth-order valence-corrected chi connectivity index (χ4v) is 2.18. The number of nitrogens with one attached hydrogen (secondary N) is 1. The van der Waals surface area contributed by atoms with E-state index in [1.54, 1.807) is 0 Å². The summed E-state index contributed by atoms with van der Waals surface area (Å²) < 4.78 is 7.67. The van der Waals surface area contributed by atoms with Gasteiger partial charge in [0.1, 0.15) is 11.6 Å². The van der Waals surface area contributed by atoms with Crippen molar-refractivity contribution in [3.8, 4) is 5.75 Å². The van der Waals surface area contributed by atoms with E-state index in [1.165, 1.54) is 0 Å². The van der Waals surface area contributed by atoms with Crippen LogP contribution in [0.15, 0.2) is 18.2 Å². The normalized spacial score (nSPS) is 11.4. The number of rotatable bonds is 6. The van der Waals surface area contributed by atoms with E-state index in [0.29, 0.717) is 12.6 Å². The Hall–Kier alpha value is -1.55. The third-order valence-corrected chi connectivity index (χ3v) is 3.16. The van der Waals surface area contributed by atoms with Crippen LogP contribution in [0.1, 0.15) is 26.6 Å². The van der Waals surface area contributed by atoms with Crippen LogP contribution < -0.4 is 10.1 Å². The van der Waals surface area contributed by atoms with Gasteiger partial charge in [-0.15, -0.1) is 0 Å². The smallest absolute Gasteiger partial charge is 0.121 e. The number of imidazole rings is 1. The molecule has 1 aromatic heterocycles. The lowest BCUT2D eigenvalue weighted by Crippen LogP contribution is -2.25. The van der Waals surface area contributed by atoms with Crippen molar-refractivity contribution in [2.24, 2.45) is 7.05 Å². The monoisotopic (exact) mass is 261 g/mol. The molecule has 0 spiro atoms. The van der Waals surface area contributed by atoms with E-state index in [-0.39, 0.29) is 0 Å². The zero-order chi connectivity index (χ0) is 13.8. The van der Waals surface area contributed by atoms with Crippen LogP contribution in [0.4, 0.5) is 0 Å². The average molecular weight is 261 g/mol. The first-order valence-electron chi connectivity index (χ1n) is 6.93. The number of fused-ring (bicyclic) bond motifs is 1. The molecule has 1 aromatic carbocycles. The molecule has 0 amide bonds. The van der Waals surface area contributed by atoms with Crippen LogP contribution in [0.25, 0.3) is 11.0 Å². The maximum absolute atomic E-state index is 5.51. The van der Waals surface area contributed by atoms with Crippen molar-refractivity contribution in [2.45, 2.75) is 33.2 Å². The molecule has 0 aliphatic carbocycles. The molecular formula is C15H23N3O. The molecule has 0 fully saturated rings. The van der Waals surface area contributed by atoms with Crippen molar-refractivity contribution in [1.82, 2.24) is 14.9 Å². The fourth-order valence-electron chi connectivity index (χ4n) is 2.18. The molecule has 4 heteroatoms. The predicted octanol–water partition coefficient (Wildman–Crippen LogP) is 2.51. The number of hydrogen-bond acceptors (Lipinski definition) is 3. The van der Waals surface area contributed by atoms with Crippen LogP contribution in [0.2, 0.25) is 0 Å². The molecule has 4 nitrogen and oxygen atoms in total. The summed E-state index contributed by atoms with van der Waals surface area (Å²) in [5.74, 6) is 2.00. The van der Waals surface area contributed by atoms with E-state index >= 15 is 0 Å². The van der Waals surface area contributed by atoms with Crippen molar-refractivity contribution in [3.05, 3.63) is 24.0 Å². The number of aromatic nitrogens is 2. The van der Waals surface area contributed by atoms with Gasteiger partial charge in [-0.1, -0.05) is 13.8 Å². The molecule has 1 heterocycles. The summed E-state index contributed by atoms with van der Waals surface area (Å²) in [5.41, 5.74) is 2.16. The minimum absolute atomic E-state index is 0.513. The summed E-state index contributed by atoms with van der Waals surface area (Å²) in [6, 6.07) is 6.61. The fraction of sp³-hybridized carbons (Fsp3) is 0.533. The Balaban J connectivity index is 2.18. The molecule has 0 aliphatic rings. The Labute approximate surface area is 114 Å². The second-order valence-electron chi connectivity index (χ2n) is 5.03. The lowest BCUT2D eigenvalue weighted by atomic mass is 10.3. The summed E-state index contributed by atoms with van der Waals surface area (Å²) in [7, 11) is 2.07. The zero-order valence-corrected chi connectivity index (χ0v) is 12.2. The van der Waals surface area contributed by atoms with Gasteiger partial charge in [-0.3, -0.25) is 0 Å². The third-order valence-electron chi connectivity index (χ3n) is 3.16. The van der Waals surface area contributed by atoms with Crippen molar-refractivity contribution in [2.75, 3.05) is 13.2 Å². The van der Waals surface area contributed by atoms with E-state index in [9.17, 15) is 0 Å². The van der Waals surface area contributed by atoms with Crippen LogP contribution in [-0.2, 0) is 13.5 Å². The molecular weight excluding hydrogens is 238 g/mol. The largest absolute Gasteiger partial charge is 0.494 e. The highest BCUT2D eigenvalue weighted by molar-refractivity contribution is 5.77. The number of benzene rings is 1. The minimum Gasteiger partial charge on any atom is -0.494 e. The molecule has 0 saturated carbocycles. The molecule has 19 heavy (non-hydrogen) atoms. The van der Waals surface area contributed by atoms with Gasteiger partial charge in [0.2, 0.25) is 0 Å². The van der Waals surface area contributed by atoms with Crippen molar-refractivity contribution in [3.63, 3.8) is 0 Å². The first kappa shape index (κ1) is 13.9. The number of ether oxygens (including phenoxy) is 1. The third kappa shape index (κ3) is 3.26. The molecule has 0 atom stereocenters. The Morgan fingerprint density at radius 3 is 2.84 bits per heavy atom. The van der Waals surface area contributed by atoms with E-state index in [0.717, 1.165) is 35.6 Å². The Bertz CT molecular complexity index is 546. The van der Waals surface area contributed by atoms with E-state index in [1.807, 2.05) is 19.1 Å². The second kappa shape index (κ2) is 6.06. The highest BCUT2D eigenvalue weighted by Gasteiger charge is 2.08. The molecule has 2 rings (SSSR count). The van der Waals surface area contributed by atoms with E-state index in [2.05, 4.69) is 36.8 Å². The zero-order valence-electron chi connectivity index (χ0n) is 12.2. The Kier molecular flexibility index (Phi) is 4.43. The maximum Gasteiger partial charge on any atom is 0.121 e. The molecule has 1 N–H and O–H groups in total. The average Bonchev–Trinajstić information content (AvgIpc) is 2.66. The number of nitrogens with zero attached hydrogens (tertiary/aromatic N) is 2. The van der Waals surface area contributed by atoms with Gasteiger partial charge in [-0.25, -0.2) is 4.98 Å². The summed E-state index contributed by atoms with van der Waals surface area (Å²) in [5, 5.41) is 3.42. The SMILES string of the molecule is CCOc1ccc2c(c1)nc(CCNC(C)C)n2C. The van der Waals surface area contributed by atoms with Crippen LogP contribution in [0.3, 0.4) is 0 Å². The molecule has 0 unspecified atom stereocenters. The van der Waals surface area contributed by atoms with Crippen molar-refractivity contribution < 1.29 is 4.74 Å². The van der Waals surface area contributed by atoms with Gasteiger partial charge in [-0.05, 0) is 19.1 Å². The lowest BCUT2D eigenvalue weighted by Gasteiger charge is -2.07. The highest BCUT2D eigenvalue weighted by Crippen LogP contribution is 2.21. The van der Waals surface area contributed by atoms with Crippen LogP contribution in [-0.4, -0.2) is 28.7 Å². The Morgan fingerprint density at radius 1 is 1.37 bits per heavy atom.